The fraction of sp³-hybridized carbons (Fsp3) is 0.167. The SMILES string of the molecule is C=C1C=COc2ccccc21.CC. The van der Waals surface area contributed by atoms with Gasteiger partial charge in [-0.3, -0.25) is 0 Å². The number of allylic oxidation sites excluding steroid dienone is 2. The van der Waals surface area contributed by atoms with E-state index in [9.17, 15) is 0 Å². The van der Waals surface area contributed by atoms with Gasteiger partial charge in [-0.1, -0.05) is 38.6 Å². The van der Waals surface area contributed by atoms with Crippen LogP contribution in [0.1, 0.15) is 19.4 Å². The molecule has 1 heterocycles. The van der Waals surface area contributed by atoms with Crippen molar-refractivity contribution in [1.82, 2.24) is 0 Å². The molecule has 0 spiro atoms. The summed E-state index contributed by atoms with van der Waals surface area (Å²) in [7, 11) is 0. The molecule has 0 N–H and O–H groups in total. The van der Waals surface area contributed by atoms with Crippen molar-refractivity contribution >= 4 is 5.57 Å². The molecule has 0 radical (unpaired) electrons. The van der Waals surface area contributed by atoms with E-state index in [1.165, 1.54) is 0 Å². The average molecular weight is 174 g/mol. The maximum Gasteiger partial charge on any atom is 0.134 e. The van der Waals surface area contributed by atoms with Crippen molar-refractivity contribution in [2.45, 2.75) is 13.8 Å². The third-order valence-corrected chi connectivity index (χ3v) is 1.70. The smallest absolute Gasteiger partial charge is 0.134 e. The van der Waals surface area contributed by atoms with Gasteiger partial charge in [0.2, 0.25) is 0 Å². The van der Waals surface area contributed by atoms with Crippen molar-refractivity contribution < 1.29 is 4.74 Å². The summed E-state index contributed by atoms with van der Waals surface area (Å²) < 4.78 is 5.25. The number of fused-ring (bicyclic) bond motifs is 1. The number of hydrogen-bond donors (Lipinski definition) is 0. The molecule has 0 saturated carbocycles. The Hall–Kier alpha value is -1.50. The van der Waals surface area contributed by atoms with Crippen LogP contribution in [-0.2, 0) is 0 Å². The highest BCUT2D eigenvalue weighted by Crippen LogP contribution is 2.28. The lowest BCUT2D eigenvalue weighted by atomic mass is 10.1. The number of hydrogen-bond acceptors (Lipinski definition) is 1. The lowest BCUT2D eigenvalue weighted by Crippen LogP contribution is -1.93. The minimum atomic E-state index is 0.889. The van der Waals surface area contributed by atoms with E-state index in [-0.39, 0.29) is 0 Å². The second-order valence-corrected chi connectivity index (χ2v) is 2.44. The summed E-state index contributed by atoms with van der Waals surface area (Å²) in [5, 5.41) is 0. The van der Waals surface area contributed by atoms with Gasteiger partial charge >= 0.3 is 0 Å². The molecule has 0 unspecified atom stereocenters. The molecule has 1 aliphatic heterocycles. The van der Waals surface area contributed by atoms with E-state index in [0.29, 0.717) is 0 Å². The van der Waals surface area contributed by atoms with E-state index in [2.05, 4.69) is 6.58 Å². The molecule has 0 aromatic heterocycles. The molecular formula is C12H14O. The lowest BCUT2D eigenvalue weighted by molar-refractivity contribution is 0.476. The number of benzene rings is 1. The topological polar surface area (TPSA) is 9.23 Å². The van der Waals surface area contributed by atoms with Crippen molar-refractivity contribution in [2.75, 3.05) is 0 Å². The molecule has 1 nitrogen and oxygen atoms in total. The Morgan fingerprint density at radius 3 is 2.54 bits per heavy atom. The molecule has 0 amide bonds. The van der Waals surface area contributed by atoms with E-state index in [0.717, 1.165) is 16.9 Å². The summed E-state index contributed by atoms with van der Waals surface area (Å²) in [6.45, 7) is 7.89. The number of rotatable bonds is 0. The molecule has 1 heteroatoms. The number of ether oxygens (including phenoxy) is 1. The van der Waals surface area contributed by atoms with Gasteiger partial charge in [0.25, 0.3) is 0 Å². The molecule has 13 heavy (non-hydrogen) atoms. The van der Waals surface area contributed by atoms with Gasteiger partial charge in [0.05, 0.1) is 6.26 Å². The summed E-state index contributed by atoms with van der Waals surface area (Å²) in [4.78, 5) is 0. The zero-order valence-electron chi connectivity index (χ0n) is 8.08. The average Bonchev–Trinajstić information content (AvgIpc) is 2.22. The quantitative estimate of drug-likeness (QED) is 0.583. The van der Waals surface area contributed by atoms with Crippen LogP contribution in [0, 0.1) is 0 Å². The molecule has 0 aliphatic carbocycles. The van der Waals surface area contributed by atoms with Crippen LogP contribution in [-0.4, -0.2) is 0 Å². The highest BCUT2D eigenvalue weighted by atomic mass is 16.5. The van der Waals surface area contributed by atoms with Gasteiger partial charge in [0.1, 0.15) is 5.75 Å². The lowest BCUT2D eigenvalue weighted by Gasteiger charge is -2.12. The van der Waals surface area contributed by atoms with Gasteiger partial charge in [0, 0.05) is 5.56 Å². The Morgan fingerprint density at radius 2 is 1.85 bits per heavy atom. The van der Waals surface area contributed by atoms with Gasteiger partial charge in [-0.25, -0.2) is 0 Å². The Balaban J connectivity index is 0.000000396. The van der Waals surface area contributed by atoms with E-state index in [1.807, 2.05) is 44.2 Å². The summed E-state index contributed by atoms with van der Waals surface area (Å²) in [5.74, 6) is 0.889. The first-order chi connectivity index (χ1) is 6.38. The zero-order valence-corrected chi connectivity index (χ0v) is 8.08. The normalized spacial score (nSPS) is 12.3. The van der Waals surface area contributed by atoms with Crippen molar-refractivity contribution in [2.24, 2.45) is 0 Å². The van der Waals surface area contributed by atoms with Gasteiger partial charge < -0.3 is 4.74 Å². The van der Waals surface area contributed by atoms with Crippen LogP contribution in [0.2, 0.25) is 0 Å². The minimum absolute atomic E-state index is 0.889. The maximum atomic E-state index is 5.25. The van der Waals surface area contributed by atoms with Crippen molar-refractivity contribution in [3.63, 3.8) is 0 Å². The summed E-state index contributed by atoms with van der Waals surface area (Å²) in [5.41, 5.74) is 2.09. The molecule has 0 bridgehead atoms. The fourth-order valence-electron chi connectivity index (χ4n) is 1.11. The summed E-state index contributed by atoms with van der Waals surface area (Å²) in [6.07, 6.45) is 3.52. The van der Waals surface area contributed by atoms with E-state index >= 15 is 0 Å². The van der Waals surface area contributed by atoms with Crippen LogP contribution in [0.15, 0.2) is 43.2 Å². The van der Waals surface area contributed by atoms with E-state index in [4.69, 9.17) is 4.74 Å². The third-order valence-electron chi connectivity index (χ3n) is 1.70. The third kappa shape index (κ3) is 2.00. The van der Waals surface area contributed by atoms with Crippen LogP contribution in [0.5, 0.6) is 5.75 Å². The van der Waals surface area contributed by atoms with E-state index in [1.54, 1.807) is 6.26 Å². The number of para-hydroxylation sites is 1. The molecule has 1 aliphatic rings. The predicted molar refractivity (Wildman–Crippen MR) is 56.6 cm³/mol. The van der Waals surface area contributed by atoms with Crippen LogP contribution >= 0.6 is 0 Å². The summed E-state index contributed by atoms with van der Waals surface area (Å²) in [6, 6.07) is 7.86. The predicted octanol–water partition coefficient (Wildman–Crippen LogP) is 3.63. The van der Waals surface area contributed by atoms with Crippen molar-refractivity contribution in [3.05, 3.63) is 48.7 Å². The van der Waals surface area contributed by atoms with E-state index < -0.39 is 0 Å². The Labute approximate surface area is 79.4 Å². The second kappa shape index (κ2) is 4.51. The first kappa shape index (κ1) is 9.59. The van der Waals surface area contributed by atoms with Gasteiger partial charge in [-0.15, -0.1) is 0 Å². The highest BCUT2D eigenvalue weighted by molar-refractivity contribution is 5.77. The first-order valence-corrected chi connectivity index (χ1v) is 4.49. The monoisotopic (exact) mass is 174 g/mol. The largest absolute Gasteiger partial charge is 0.464 e. The zero-order chi connectivity index (χ0) is 9.68. The Morgan fingerprint density at radius 1 is 1.15 bits per heavy atom. The Kier molecular flexibility index (Phi) is 3.32. The van der Waals surface area contributed by atoms with Crippen LogP contribution in [0.25, 0.3) is 5.57 Å². The minimum Gasteiger partial charge on any atom is -0.464 e. The Bertz CT molecular complexity index is 324. The molecule has 0 saturated heterocycles. The molecule has 0 atom stereocenters. The van der Waals surface area contributed by atoms with Crippen LogP contribution in [0.3, 0.4) is 0 Å². The van der Waals surface area contributed by atoms with Crippen LogP contribution < -0.4 is 4.74 Å². The molecule has 0 fully saturated rings. The molecule has 1 aromatic carbocycles. The molecular weight excluding hydrogens is 160 g/mol. The highest BCUT2D eigenvalue weighted by Gasteiger charge is 2.06. The second-order valence-electron chi connectivity index (χ2n) is 2.44. The fourth-order valence-corrected chi connectivity index (χ4v) is 1.11. The van der Waals surface area contributed by atoms with Crippen molar-refractivity contribution in [3.8, 4) is 5.75 Å². The van der Waals surface area contributed by atoms with Gasteiger partial charge in [0.15, 0.2) is 0 Å². The van der Waals surface area contributed by atoms with Gasteiger partial charge in [-0.05, 0) is 17.7 Å². The van der Waals surface area contributed by atoms with Gasteiger partial charge in [-0.2, -0.15) is 0 Å². The molecule has 68 valence electrons. The maximum absolute atomic E-state index is 5.25. The van der Waals surface area contributed by atoms with Crippen molar-refractivity contribution in [1.29, 1.82) is 0 Å². The standard InChI is InChI=1S/C10H8O.C2H6/c1-8-6-7-11-10-5-3-2-4-9(8)10;1-2/h2-7H,1H2;1-2H3. The molecule has 1 aromatic rings. The first-order valence-electron chi connectivity index (χ1n) is 4.49. The molecule has 2 rings (SSSR count). The summed E-state index contributed by atoms with van der Waals surface area (Å²) >= 11 is 0. The van der Waals surface area contributed by atoms with Crippen LogP contribution in [0.4, 0.5) is 0 Å².